The molecule has 1 unspecified atom stereocenters. The number of aliphatic carboxylic acids is 1. The second-order valence-electron chi connectivity index (χ2n) is 4.44. The molecule has 18 heavy (non-hydrogen) atoms. The summed E-state index contributed by atoms with van der Waals surface area (Å²) in [7, 11) is 3.09. The van der Waals surface area contributed by atoms with Crippen LogP contribution in [-0.4, -0.2) is 66.3 Å². The Kier molecular flexibility index (Phi) is 7.35. The molecule has 0 aromatic rings. The number of hydrogen-bond acceptors (Lipinski definition) is 3. The number of methoxy groups -OCH3 is 1. The van der Waals surface area contributed by atoms with Crippen LogP contribution >= 0.6 is 0 Å². The maximum Gasteiger partial charge on any atom is 0.326 e. The quantitative estimate of drug-likeness (QED) is 0.748. The number of ether oxygens (including phenoxy) is 1. The number of carboxylic acid groups (broad SMARTS) is 1. The van der Waals surface area contributed by atoms with Crippen molar-refractivity contribution in [2.75, 3.05) is 27.3 Å². The van der Waals surface area contributed by atoms with Gasteiger partial charge in [0.2, 0.25) is 0 Å². The van der Waals surface area contributed by atoms with Gasteiger partial charge in [0.05, 0.1) is 6.61 Å². The van der Waals surface area contributed by atoms with Gasteiger partial charge in [0.1, 0.15) is 6.04 Å². The van der Waals surface area contributed by atoms with E-state index in [-0.39, 0.29) is 12.1 Å². The summed E-state index contributed by atoms with van der Waals surface area (Å²) in [5.41, 5.74) is 0. The van der Waals surface area contributed by atoms with Gasteiger partial charge in [0.25, 0.3) is 0 Å². The van der Waals surface area contributed by atoms with Crippen LogP contribution in [0.15, 0.2) is 0 Å². The summed E-state index contributed by atoms with van der Waals surface area (Å²) in [6.07, 6.45) is 0.383. The molecule has 0 aromatic carbocycles. The molecule has 0 aromatic heterocycles. The zero-order valence-electron chi connectivity index (χ0n) is 11.8. The van der Waals surface area contributed by atoms with Gasteiger partial charge in [-0.2, -0.15) is 0 Å². The Morgan fingerprint density at radius 2 is 1.89 bits per heavy atom. The molecule has 0 spiro atoms. The molecule has 0 fully saturated rings. The Morgan fingerprint density at radius 1 is 1.33 bits per heavy atom. The van der Waals surface area contributed by atoms with Crippen molar-refractivity contribution >= 4 is 12.0 Å². The highest BCUT2D eigenvalue weighted by Crippen LogP contribution is 2.09. The lowest BCUT2D eigenvalue weighted by atomic mass is 10.2. The fraction of sp³-hybridized carbons (Fsp3) is 0.833. The first-order valence-electron chi connectivity index (χ1n) is 6.11. The molecule has 2 amide bonds. The van der Waals surface area contributed by atoms with Gasteiger partial charge in [-0.1, -0.05) is 6.92 Å². The maximum atomic E-state index is 12.2. The highest BCUT2D eigenvalue weighted by molar-refractivity contribution is 5.82. The Labute approximate surface area is 109 Å². The molecule has 0 aliphatic heterocycles. The molecule has 0 saturated carbocycles. The molecule has 106 valence electrons. The molecule has 0 heterocycles. The number of likely N-dealkylation sites (N-methyl/N-ethyl adjacent to an activating group) is 1. The summed E-state index contributed by atoms with van der Waals surface area (Å²) in [6.45, 7) is 6.42. The number of carboxylic acids is 1. The minimum absolute atomic E-state index is 0.00130. The Bertz CT molecular complexity index is 281. The second-order valence-corrected chi connectivity index (χ2v) is 4.44. The van der Waals surface area contributed by atoms with Crippen molar-refractivity contribution in [2.45, 2.75) is 39.3 Å². The fourth-order valence-electron chi connectivity index (χ4n) is 1.71. The van der Waals surface area contributed by atoms with Gasteiger partial charge >= 0.3 is 12.0 Å². The van der Waals surface area contributed by atoms with E-state index in [0.717, 1.165) is 0 Å². The second kappa shape index (κ2) is 7.92. The lowest BCUT2D eigenvalue weighted by Crippen LogP contribution is -2.51. The molecule has 1 N–H and O–H groups in total. The van der Waals surface area contributed by atoms with Crippen molar-refractivity contribution in [3.05, 3.63) is 0 Å². The summed E-state index contributed by atoms with van der Waals surface area (Å²) >= 11 is 0. The topological polar surface area (TPSA) is 70.1 Å². The van der Waals surface area contributed by atoms with E-state index in [0.29, 0.717) is 19.6 Å². The summed E-state index contributed by atoms with van der Waals surface area (Å²) in [5, 5.41) is 9.05. The van der Waals surface area contributed by atoms with E-state index in [1.54, 1.807) is 18.9 Å². The summed E-state index contributed by atoms with van der Waals surface area (Å²) < 4.78 is 4.96. The molecule has 0 radical (unpaired) electrons. The van der Waals surface area contributed by atoms with Gasteiger partial charge in [-0.15, -0.1) is 0 Å². The Balaban J connectivity index is 4.79. The third-order valence-corrected chi connectivity index (χ3v) is 2.85. The number of carbonyl (C=O) groups is 2. The number of amides is 2. The Hall–Kier alpha value is -1.30. The minimum Gasteiger partial charge on any atom is -0.480 e. The molecule has 6 heteroatoms. The van der Waals surface area contributed by atoms with Crippen LogP contribution in [0.25, 0.3) is 0 Å². The van der Waals surface area contributed by atoms with Gasteiger partial charge in [0.15, 0.2) is 0 Å². The standard InChI is InChI=1S/C12H24N2O4/c1-6-10(11(15)16)13(4)12(17)14(9(2)3)7-8-18-5/h9-10H,6-8H2,1-5H3,(H,15,16). The van der Waals surface area contributed by atoms with Gasteiger partial charge in [0, 0.05) is 26.7 Å². The van der Waals surface area contributed by atoms with Crippen LogP contribution in [-0.2, 0) is 9.53 Å². The lowest BCUT2D eigenvalue weighted by Gasteiger charge is -2.33. The van der Waals surface area contributed by atoms with Gasteiger partial charge < -0.3 is 19.6 Å². The SMILES string of the molecule is CCC(C(=O)O)N(C)C(=O)N(CCOC)C(C)C. The number of urea groups is 1. The molecule has 0 bridgehead atoms. The van der Waals surface area contributed by atoms with Crippen molar-refractivity contribution in [2.24, 2.45) is 0 Å². The summed E-state index contributed by atoms with van der Waals surface area (Å²) in [6, 6.07) is -1.07. The zero-order chi connectivity index (χ0) is 14.3. The first-order valence-corrected chi connectivity index (χ1v) is 6.11. The van der Waals surface area contributed by atoms with E-state index in [2.05, 4.69) is 0 Å². The summed E-state index contributed by atoms with van der Waals surface area (Å²) in [5.74, 6) is -0.983. The molecule has 0 saturated heterocycles. The minimum atomic E-state index is -0.983. The largest absolute Gasteiger partial charge is 0.480 e. The predicted molar refractivity (Wildman–Crippen MR) is 68.6 cm³/mol. The predicted octanol–water partition coefficient (Wildman–Crippen LogP) is 1.26. The van der Waals surface area contributed by atoms with Crippen molar-refractivity contribution in [1.82, 2.24) is 9.80 Å². The third kappa shape index (κ3) is 4.52. The van der Waals surface area contributed by atoms with Crippen LogP contribution in [0.3, 0.4) is 0 Å². The first-order chi connectivity index (χ1) is 8.36. The van der Waals surface area contributed by atoms with E-state index >= 15 is 0 Å². The first kappa shape index (κ1) is 16.7. The van der Waals surface area contributed by atoms with Crippen molar-refractivity contribution in [3.63, 3.8) is 0 Å². The van der Waals surface area contributed by atoms with Crippen LogP contribution in [0.4, 0.5) is 4.79 Å². The molecule has 0 aliphatic carbocycles. The van der Waals surface area contributed by atoms with Crippen LogP contribution < -0.4 is 0 Å². The van der Waals surface area contributed by atoms with Crippen LogP contribution in [0.1, 0.15) is 27.2 Å². The Morgan fingerprint density at radius 3 is 2.22 bits per heavy atom. The fourth-order valence-corrected chi connectivity index (χ4v) is 1.71. The van der Waals surface area contributed by atoms with Crippen molar-refractivity contribution in [3.8, 4) is 0 Å². The lowest BCUT2D eigenvalue weighted by molar-refractivity contribution is -0.142. The van der Waals surface area contributed by atoms with Crippen LogP contribution in [0.2, 0.25) is 0 Å². The summed E-state index contributed by atoms with van der Waals surface area (Å²) in [4.78, 5) is 26.2. The van der Waals surface area contributed by atoms with Crippen molar-refractivity contribution < 1.29 is 19.4 Å². The van der Waals surface area contributed by atoms with E-state index in [4.69, 9.17) is 9.84 Å². The van der Waals surface area contributed by atoms with Gasteiger partial charge in [-0.25, -0.2) is 9.59 Å². The smallest absolute Gasteiger partial charge is 0.326 e. The van der Waals surface area contributed by atoms with E-state index in [1.807, 2.05) is 13.8 Å². The van der Waals surface area contributed by atoms with Gasteiger partial charge in [-0.3, -0.25) is 0 Å². The number of nitrogens with zero attached hydrogens (tertiary/aromatic N) is 2. The molecular weight excluding hydrogens is 236 g/mol. The van der Waals surface area contributed by atoms with Gasteiger partial charge in [-0.05, 0) is 20.3 Å². The number of hydrogen-bond donors (Lipinski definition) is 1. The van der Waals surface area contributed by atoms with Crippen LogP contribution in [0.5, 0.6) is 0 Å². The average molecular weight is 260 g/mol. The third-order valence-electron chi connectivity index (χ3n) is 2.85. The highest BCUT2D eigenvalue weighted by atomic mass is 16.5. The molecular formula is C12H24N2O4. The van der Waals surface area contributed by atoms with E-state index < -0.39 is 12.0 Å². The van der Waals surface area contributed by atoms with E-state index in [1.165, 1.54) is 11.9 Å². The molecule has 0 rings (SSSR count). The van der Waals surface area contributed by atoms with E-state index in [9.17, 15) is 9.59 Å². The molecule has 6 nitrogen and oxygen atoms in total. The van der Waals surface area contributed by atoms with Crippen molar-refractivity contribution in [1.29, 1.82) is 0 Å². The monoisotopic (exact) mass is 260 g/mol. The average Bonchev–Trinajstić information content (AvgIpc) is 2.29. The number of carbonyl (C=O) groups excluding carboxylic acids is 1. The van der Waals surface area contributed by atoms with Crippen LogP contribution in [0, 0.1) is 0 Å². The number of rotatable bonds is 7. The molecule has 0 aliphatic rings. The maximum absolute atomic E-state index is 12.2. The normalized spacial score (nSPS) is 12.3. The molecule has 1 atom stereocenters. The highest BCUT2D eigenvalue weighted by Gasteiger charge is 2.29. The zero-order valence-corrected chi connectivity index (χ0v) is 11.8.